The van der Waals surface area contributed by atoms with E-state index in [0.717, 1.165) is 5.56 Å². The van der Waals surface area contributed by atoms with Gasteiger partial charge in [-0.25, -0.2) is 0 Å². The zero-order valence-corrected chi connectivity index (χ0v) is 13.7. The Bertz CT molecular complexity index is 365. The number of halogens is 3. The van der Waals surface area contributed by atoms with Gasteiger partial charge in [0, 0.05) is 6.61 Å². The molecule has 2 rings (SSSR count). The van der Waals surface area contributed by atoms with E-state index in [2.05, 4.69) is 0 Å². The van der Waals surface area contributed by atoms with Gasteiger partial charge in [-0.15, -0.1) is 0 Å². The van der Waals surface area contributed by atoms with Crippen LogP contribution in [0, 0.1) is 0 Å². The number of hydrogen-bond donors (Lipinski definition) is 0. The molecular weight excluding hydrogens is 267 g/mol. The van der Waals surface area contributed by atoms with Crippen LogP contribution in [0.2, 0.25) is 5.31 Å². The van der Waals surface area contributed by atoms with Crippen LogP contribution in [0.15, 0.2) is 30.3 Å². The van der Waals surface area contributed by atoms with Crippen molar-refractivity contribution < 1.29 is 69.1 Å². The van der Waals surface area contributed by atoms with E-state index in [0.29, 0.717) is 6.61 Å². The minimum Gasteiger partial charge on any atom is -0.449 e. The molecule has 0 aromatic heterocycles. The maximum absolute atomic E-state index is 12.7. The first-order valence-electron chi connectivity index (χ1n) is 5.85. The second-order valence-electron chi connectivity index (χ2n) is 4.73. The topological polar surface area (TPSA) is 9.23 Å². The van der Waals surface area contributed by atoms with Crippen molar-refractivity contribution in [3.8, 4) is 0 Å². The number of rotatable bonds is 6. The molecule has 0 heterocycles. The van der Waals surface area contributed by atoms with Crippen LogP contribution in [-0.2, 0) is 11.3 Å². The van der Waals surface area contributed by atoms with Crippen LogP contribution in [0.1, 0.15) is 24.8 Å². The molecule has 0 amide bonds. The van der Waals surface area contributed by atoms with Crippen molar-refractivity contribution in [2.24, 2.45) is 0 Å². The monoisotopic (exact) mass is 282 g/mol. The van der Waals surface area contributed by atoms with Crippen LogP contribution in [0.4, 0.5) is 12.9 Å². The SMILES string of the molecule is F[B-](F)(F)C1(CCOCc2ccccc2)CC1.[K+]. The van der Waals surface area contributed by atoms with Crippen molar-refractivity contribution in [2.75, 3.05) is 6.61 Å². The summed E-state index contributed by atoms with van der Waals surface area (Å²) in [6, 6.07) is 9.48. The van der Waals surface area contributed by atoms with E-state index < -0.39 is 12.3 Å². The average molecular weight is 282 g/mol. The summed E-state index contributed by atoms with van der Waals surface area (Å²) in [7, 11) is 0. The van der Waals surface area contributed by atoms with Gasteiger partial charge < -0.3 is 17.7 Å². The van der Waals surface area contributed by atoms with E-state index in [9.17, 15) is 12.9 Å². The average Bonchev–Trinajstić information content (AvgIpc) is 3.06. The summed E-state index contributed by atoms with van der Waals surface area (Å²) in [5, 5.41) is -1.38. The van der Waals surface area contributed by atoms with Crippen molar-refractivity contribution in [3.63, 3.8) is 0 Å². The predicted molar refractivity (Wildman–Crippen MR) is 61.7 cm³/mol. The molecule has 0 unspecified atom stereocenters. The Morgan fingerprint density at radius 2 is 1.72 bits per heavy atom. The molecule has 6 heteroatoms. The van der Waals surface area contributed by atoms with Gasteiger partial charge in [-0.3, -0.25) is 0 Å². The Hall–Kier alpha value is 0.671. The zero-order valence-electron chi connectivity index (χ0n) is 10.5. The molecule has 18 heavy (non-hydrogen) atoms. The molecule has 0 N–H and O–H groups in total. The summed E-state index contributed by atoms with van der Waals surface area (Å²) in [5.74, 6) is 0. The maximum Gasteiger partial charge on any atom is 1.00 e. The Morgan fingerprint density at radius 3 is 2.22 bits per heavy atom. The Kier molecular flexibility index (Phi) is 6.42. The summed E-state index contributed by atoms with van der Waals surface area (Å²) in [6.07, 6.45) is 0.680. The smallest absolute Gasteiger partial charge is 0.449 e. The summed E-state index contributed by atoms with van der Waals surface area (Å²) < 4.78 is 43.3. The zero-order chi connectivity index (χ0) is 12.4. The molecule has 0 aliphatic heterocycles. The summed E-state index contributed by atoms with van der Waals surface area (Å²) >= 11 is 0. The van der Waals surface area contributed by atoms with Gasteiger partial charge in [0.05, 0.1) is 6.61 Å². The van der Waals surface area contributed by atoms with Gasteiger partial charge in [-0.1, -0.05) is 48.5 Å². The number of hydrogen-bond acceptors (Lipinski definition) is 1. The minimum absolute atomic E-state index is 0. The Labute approximate surface area is 148 Å². The van der Waals surface area contributed by atoms with Crippen LogP contribution >= 0.6 is 0 Å². The predicted octanol–water partition coefficient (Wildman–Crippen LogP) is 0.979. The Balaban J connectivity index is 0.00000162. The molecular formula is C12H15BF3KO. The molecule has 0 bridgehead atoms. The van der Waals surface area contributed by atoms with Crippen LogP contribution in [0.5, 0.6) is 0 Å². The van der Waals surface area contributed by atoms with Crippen LogP contribution in [0.3, 0.4) is 0 Å². The van der Waals surface area contributed by atoms with Gasteiger partial charge >= 0.3 is 58.4 Å². The third-order valence-electron chi connectivity index (χ3n) is 3.44. The van der Waals surface area contributed by atoms with Crippen molar-refractivity contribution in [1.29, 1.82) is 0 Å². The fraction of sp³-hybridized carbons (Fsp3) is 0.500. The third kappa shape index (κ3) is 4.35. The molecule has 1 aliphatic carbocycles. The Morgan fingerprint density at radius 1 is 1.11 bits per heavy atom. The van der Waals surface area contributed by atoms with Gasteiger partial charge in [-0.2, -0.15) is 0 Å². The third-order valence-corrected chi connectivity index (χ3v) is 3.44. The largest absolute Gasteiger partial charge is 1.00 e. The first-order chi connectivity index (χ1) is 8.04. The molecule has 0 spiro atoms. The molecule has 0 atom stereocenters. The van der Waals surface area contributed by atoms with E-state index in [1.165, 1.54) is 0 Å². The maximum atomic E-state index is 12.7. The van der Waals surface area contributed by atoms with Crippen molar-refractivity contribution in [1.82, 2.24) is 0 Å². The number of ether oxygens (including phenoxy) is 1. The van der Waals surface area contributed by atoms with Crippen molar-refractivity contribution >= 4 is 6.98 Å². The fourth-order valence-electron chi connectivity index (χ4n) is 1.94. The molecule has 1 saturated carbocycles. The van der Waals surface area contributed by atoms with E-state index >= 15 is 0 Å². The van der Waals surface area contributed by atoms with E-state index in [1.807, 2.05) is 30.3 Å². The van der Waals surface area contributed by atoms with Crippen molar-refractivity contribution in [2.45, 2.75) is 31.2 Å². The van der Waals surface area contributed by atoms with Crippen molar-refractivity contribution in [3.05, 3.63) is 35.9 Å². The standard InChI is InChI=1S/C12H15BF3O.K/c14-13(15,16)12(6-7-12)8-9-17-10-11-4-2-1-3-5-11;/h1-5H,6-10H2;/q-1;+1. The van der Waals surface area contributed by atoms with Crippen LogP contribution in [-0.4, -0.2) is 13.6 Å². The molecule has 0 radical (unpaired) electrons. The first kappa shape index (κ1) is 16.7. The molecule has 1 fully saturated rings. The van der Waals surface area contributed by atoms with Crippen LogP contribution < -0.4 is 51.4 Å². The second kappa shape index (κ2) is 6.90. The van der Waals surface area contributed by atoms with Gasteiger partial charge in [0.15, 0.2) is 0 Å². The van der Waals surface area contributed by atoms with E-state index in [4.69, 9.17) is 4.74 Å². The van der Waals surface area contributed by atoms with E-state index in [1.54, 1.807) is 0 Å². The number of benzene rings is 1. The van der Waals surface area contributed by atoms with E-state index in [-0.39, 0.29) is 77.3 Å². The molecule has 1 nitrogen and oxygen atoms in total. The van der Waals surface area contributed by atoms with Gasteiger partial charge in [0.1, 0.15) is 0 Å². The normalized spacial score (nSPS) is 17.1. The quantitative estimate of drug-likeness (QED) is 0.558. The van der Waals surface area contributed by atoms with Gasteiger partial charge in [0.2, 0.25) is 0 Å². The van der Waals surface area contributed by atoms with Crippen LogP contribution in [0.25, 0.3) is 0 Å². The molecule has 1 aliphatic rings. The molecule has 1 aromatic rings. The fourth-order valence-corrected chi connectivity index (χ4v) is 1.94. The molecule has 1 aromatic carbocycles. The van der Waals surface area contributed by atoms with Gasteiger partial charge in [-0.05, 0) is 12.0 Å². The summed E-state index contributed by atoms with van der Waals surface area (Å²) in [5.41, 5.74) is 0.995. The van der Waals surface area contributed by atoms with Gasteiger partial charge in [0.25, 0.3) is 0 Å². The first-order valence-corrected chi connectivity index (χ1v) is 5.85. The molecule has 94 valence electrons. The minimum atomic E-state index is -4.70. The second-order valence-corrected chi connectivity index (χ2v) is 4.73. The summed E-state index contributed by atoms with van der Waals surface area (Å²) in [4.78, 5) is 0. The summed E-state index contributed by atoms with van der Waals surface area (Å²) in [6.45, 7) is -4.12. The molecule has 0 saturated heterocycles.